The van der Waals surface area contributed by atoms with Gasteiger partial charge in [-0.05, 0) is 30.5 Å². The fourth-order valence-electron chi connectivity index (χ4n) is 1.59. The van der Waals surface area contributed by atoms with E-state index in [9.17, 15) is 9.00 Å². The molecule has 2 aromatic rings. The molecule has 0 bridgehead atoms. The summed E-state index contributed by atoms with van der Waals surface area (Å²) < 4.78 is 12.8. The largest absolute Gasteiger partial charge is 0.350 e. The molecule has 2 heterocycles. The highest BCUT2D eigenvalue weighted by Gasteiger charge is 2.17. The third-order valence-electron chi connectivity index (χ3n) is 2.70. The molecule has 3 nitrogen and oxygen atoms in total. The average molecular weight is 348 g/mol. The molecule has 0 radical (unpaired) electrons. The van der Waals surface area contributed by atoms with E-state index >= 15 is 0 Å². The number of halogens is 1. The van der Waals surface area contributed by atoms with E-state index in [0.717, 1.165) is 9.75 Å². The summed E-state index contributed by atoms with van der Waals surface area (Å²) in [6.45, 7) is 2.31. The smallest absolute Gasteiger partial charge is 0.232 e. The average Bonchev–Trinajstić information content (AvgIpc) is 3.06. The molecule has 1 amide bonds. The van der Waals surface area contributed by atoms with Crippen LogP contribution in [0.3, 0.4) is 0 Å². The highest BCUT2D eigenvalue weighted by molar-refractivity contribution is 7.86. The Morgan fingerprint density at radius 3 is 2.85 bits per heavy atom. The maximum absolute atomic E-state index is 12.1. The van der Waals surface area contributed by atoms with Crippen LogP contribution in [-0.4, -0.2) is 15.9 Å². The fraction of sp³-hybridized carbons (Fsp3) is 0.308. The van der Waals surface area contributed by atoms with Crippen LogP contribution in [0.1, 0.15) is 21.9 Å². The lowest BCUT2D eigenvalue weighted by molar-refractivity contribution is -0.118. The van der Waals surface area contributed by atoms with Crippen LogP contribution in [0.2, 0.25) is 4.34 Å². The van der Waals surface area contributed by atoms with Crippen LogP contribution in [0, 0.1) is 0 Å². The Hall–Kier alpha value is -0.690. The van der Waals surface area contributed by atoms with Crippen LogP contribution in [0.15, 0.2) is 29.6 Å². The first-order valence-corrected chi connectivity index (χ1v) is 9.43. The highest BCUT2D eigenvalue weighted by atomic mass is 35.5. The molecular weight excluding hydrogens is 334 g/mol. The first kappa shape index (κ1) is 15.7. The van der Waals surface area contributed by atoms with Crippen LogP contribution < -0.4 is 5.32 Å². The van der Waals surface area contributed by atoms with Crippen molar-refractivity contribution in [3.05, 3.63) is 43.7 Å². The molecule has 2 rings (SSSR count). The van der Waals surface area contributed by atoms with Gasteiger partial charge in [-0.15, -0.1) is 22.7 Å². The van der Waals surface area contributed by atoms with Crippen molar-refractivity contribution in [2.24, 2.45) is 0 Å². The van der Waals surface area contributed by atoms with E-state index in [2.05, 4.69) is 5.32 Å². The minimum absolute atomic E-state index is 0.0260. The number of hydrogen-bond acceptors (Lipinski definition) is 4. The van der Waals surface area contributed by atoms with E-state index in [1.54, 1.807) is 17.4 Å². The molecule has 2 aromatic heterocycles. The van der Waals surface area contributed by atoms with Crippen molar-refractivity contribution in [2.45, 2.75) is 18.7 Å². The summed E-state index contributed by atoms with van der Waals surface area (Å²) in [5, 5.41) is 4.60. The molecule has 0 saturated carbocycles. The second-order valence-corrected chi connectivity index (χ2v) is 8.70. The van der Waals surface area contributed by atoms with Crippen molar-refractivity contribution in [3.8, 4) is 0 Å². The van der Waals surface area contributed by atoms with Gasteiger partial charge in [0, 0.05) is 20.6 Å². The van der Waals surface area contributed by atoms with Crippen molar-refractivity contribution in [1.29, 1.82) is 0 Å². The minimum atomic E-state index is -1.20. The fourth-order valence-corrected chi connectivity index (χ4v) is 4.72. The highest BCUT2D eigenvalue weighted by Crippen LogP contribution is 2.24. The Kier molecular flexibility index (Phi) is 5.77. The molecule has 0 unspecified atom stereocenters. The molecule has 0 aromatic carbocycles. The summed E-state index contributed by atoms with van der Waals surface area (Å²) in [4.78, 5) is 13.8. The predicted octanol–water partition coefficient (Wildman–Crippen LogP) is 3.59. The molecular formula is C13H14ClNO2S3. The van der Waals surface area contributed by atoms with Gasteiger partial charge in [-0.2, -0.15) is 0 Å². The normalized spacial score (nSPS) is 13.9. The summed E-state index contributed by atoms with van der Waals surface area (Å²) >= 11 is 8.81. The van der Waals surface area contributed by atoms with Gasteiger partial charge in [-0.25, -0.2) is 0 Å². The molecule has 2 atom stereocenters. The van der Waals surface area contributed by atoms with E-state index in [1.165, 1.54) is 11.3 Å². The van der Waals surface area contributed by atoms with Gasteiger partial charge >= 0.3 is 0 Å². The van der Waals surface area contributed by atoms with E-state index in [0.29, 0.717) is 10.9 Å². The van der Waals surface area contributed by atoms with E-state index in [-0.39, 0.29) is 16.9 Å². The third kappa shape index (κ3) is 4.41. The van der Waals surface area contributed by atoms with E-state index < -0.39 is 10.8 Å². The summed E-state index contributed by atoms with van der Waals surface area (Å²) in [6, 6.07) is 7.54. The number of hydrogen-bond donors (Lipinski definition) is 1. The van der Waals surface area contributed by atoms with Crippen LogP contribution in [0.5, 0.6) is 0 Å². The molecule has 0 fully saturated rings. The molecule has 0 aliphatic carbocycles. The van der Waals surface area contributed by atoms with E-state index in [1.807, 2.05) is 30.5 Å². The lowest BCUT2D eigenvalue weighted by Crippen LogP contribution is -2.28. The summed E-state index contributed by atoms with van der Waals surface area (Å²) in [5.74, 6) is -0.172. The SMILES string of the molecule is C[C@H](c1cccs1)[S@@](=O)CC(=O)NCc1ccc(Cl)s1. The quantitative estimate of drug-likeness (QED) is 0.868. The molecule has 0 saturated heterocycles. The molecule has 108 valence electrons. The number of rotatable bonds is 6. The predicted molar refractivity (Wildman–Crippen MR) is 86.9 cm³/mol. The third-order valence-corrected chi connectivity index (χ3v) is 6.72. The lowest BCUT2D eigenvalue weighted by Gasteiger charge is -2.09. The first-order valence-electron chi connectivity index (χ1n) is 5.97. The number of thiophene rings is 2. The summed E-state index contributed by atoms with van der Waals surface area (Å²) in [5.41, 5.74) is 0. The zero-order valence-electron chi connectivity index (χ0n) is 10.8. The van der Waals surface area contributed by atoms with Crippen molar-refractivity contribution in [3.63, 3.8) is 0 Å². The van der Waals surface area contributed by atoms with Gasteiger partial charge in [0.1, 0.15) is 5.75 Å². The van der Waals surface area contributed by atoms with Crippen molar-refractivity contribution >= 4 is 51.0 Å². The summed E-state index contributed by atoms with van der Waals surface area (Å²) in [7, 11) is -1.20. The number of nitrogens with one attached hydrogen (secondary N) is 1. The molecule has 20 heavy (non-hydrogen) atoms. The monoisotopic (exact) mass is 347 g/mol. The lowest BCUT2D eigenvalue weighted by atomic mass is 10.4. The Bertz CT molecular complexity index is 595. The van der Waals surface area contributed by atoms with Gasteiger partial charge in [0.15, 0.2) is 0 Å². The van der Waals surface area contributed by atoms with Crippen molar-refractivity contribution in [1.82, 2.24) is 5.32 Å². The standard InChI is InChI=1S/C13H14ClNO2S3/c1-9(11-3-2-6-18-11)20(17)8-13(16)15-7-10-4-5-12(14)19-10/h2-6,9H,7-8H2,1H3,(H,15,16)/t9-,20+/m1/s1. The zero-order valence-corrected chi connectivity index (χ0v) is 14.0. The van der Waals surface area contributed by atoms with Gasteiger partial charge in [0.05, 0.1) is 16.1 Å². The molecule has 0 aliphatic rings. The van der Waals surface area contributed by atoms with Crippen LogP contribution in [0.25, 0.3) is 0 Å². The summed E-state index contributed by atoms with van der Waals surface area (Å²) in [6.07, 6.45) is 0. The Balaban J connectivity index is 1.80. The van der Waals surface area contributed by atoms with Gasteiger partial charge in [0.25, 0.3) is 0 Å². The van der Waals surface area contributed by atoms with Crippen LogP contribution in [0.4, 0.5) is 0 Å². The molecule has 7 heteroatoms. The second kappa shape index (κ2) is 7.36. The van der Waals surface area contributed by atoms with Gasteiger partial charge in [0.2, 0.25) is 5.91 Å². The van der Waals surface area contributed by atoms with Gasteiger partial charge < -0.3 is 5.32 Å². The topological polar surface area (TPSA) is 46.2 Å². The van der Waals surface area contributed by atoms with Crippen molar-refractivity contribution in [2.75, 3.05) is 5.75 Å². The van der Waals surface area contributed by atoms with Gasteiger partial charge in [-0.3, -0.25) is 9.00 Å². The maximum Gasteiger partial charge on any atom is 0.232 e. The van der Waals surface area contributed by atoms with Crippen molar-refractivity contribution < 1.29 is 9.00 Å². The molecule has 1 N–H and O–H groups in total. The first-order chi connectivity index (χ1) is 9.56. The maximum atomic E-state index is 12.1. The number of carbonyl (C=O) groups excluding carboxylic acids is 1. The molecule has 0 aliphatic heterocycles. The molecule has 0 spiro atoms. The van der Waals surface area contributed by atoms with E-state index in [4.69, 9.17) is 11.6 Å². The van der Waals surface area contributed by atoms with Gasteiger partial charge in [-0.1, -0.05) is 17.7 Å². The Labute approximate surface area is 133 Å². The van der Waals surface area contributed by atoms with Crippen LogP contribution in [-0.2, 0) is 22.1 Å². The Morgan fingerprint density at radius 2 is 2.25 bits per heavy atom. The van der Waals surface area contributed by atoms with Crippen LogP contribution >= 0.6 is 34.3 Å². The second-order valence-electron chi connectivity index (χ2n) is 4.17. The zero-order chi connectivity index (χ0) is 14.5. The number of amides is 1. The number of carbonyl (C=O) groups is 1. The Morgan fingerprint density at radius 1 is 1.45 bits per heavy atom. The minimum Gasteiger partial charge on any atom is -0.350 e.